The molecule has 0 fully saturated rings. The third kappa shape index (κ3) is 3.59. The number of nitrogen functional groups attached to an aromatic ring is 2. The van der Waals surface area contributed by atoms with Gasteiger partial charge in [0.05, 0.1) is 10.6 Å². The third-order valence-electron chi connectivity index (χ3n) is 2.79. The summed E-state index contributed by atoms with van der Waals surface area (Å²) in [5.74, 6) is 0.798. The van der Waals surface area contributed by atoms with Gasteiger partial charge in [0.1, 0.15) is 10.8 Å². The number of pyridine rings is 1. The zero-order valence-corrected chi connectivity index (χ0v) is 13.3. The Kier molecular flexibility index (Phi) is 4.59. The van der Waals surface area contributed by atoms with Gasteiger partial charge in [0.2, 0.25) is 5.95 Å². The van der Waals surface area contributed by atoms with E-state index < -0.39 is 0 Å². The first-order chi connectivity index (χ1) is 9.88. The van der Waals surface area contributed by atoms with E-state index in [0.717, 1.165) is 15.4 Å². The third-order valence-corrected chi connectivity index (χ3v) is 4.11. The van der Waals surface area contributed by atoms with Crippen LogP contribution in [0.4, 0.5) is 11.8 Å². The molecule has 2 aromatic heterocycles. The second-order valence-corrected chi connectivity index (χ2v) is 6.23. The van der Waals surface area contributed by atoms with Gasteiger partial charge in [-0.05, 0) is 17.5 Å². The predicted molar refractivity (Wildman–Crippen MR) is 89.2 cm³/mol. The van der Waals surface area contributed by atoms with Crippen LogP contribution < -0.4 is 17.2 Å². The van der Waals surface area contributed by atoms with Crippen molar-refractivity contribution in [1.29, 1.82) is 0 Å². The van der Waals surface area contributed by atoms with Crippen molar-refractivity contribution in [1.82, 2.24) is 15.0 Å². The average Bonchev–Trinajstić information content (AvgIpc) is 2.41. The van der Waals surface area contributed by atoms with E-state index in [9.17, 15) is 0 Å². The molecule has 0 spiro atoms. The number of rotatable bonds is 4. The van der Waals surface area contributed by atoms with Gasteiger partial charge in [0, 0.05) is 17.3 Å². The molecule has 6 N–H and O–H groups in total. The molecule has 6 nitrogen and oxygen atoms in total. The fourth-order valence-corrected chi connectivity index (χ4v) is 2.88. The summed E-state index contributed by atoms with van der Waals surface area (Å²) >= 11 is 6.43. The summed E-state index contributed by atoms with van der Waals surface area (Å²) < 4.78 is 0. The quantitative estimate of drug-likeness (QED) is 0.732. The van der Waals surface area contributed by atoms with Crippen LogP contribution in [0.15, 0.2) is 28.3 Å². The summed E-state index contributed by atoms with van der Waals surface area (Å²) in [6.45, 7) is 4.18. The zero-order chi connectivity index (χ0) is 15.6. The van der Waals surface area contributed by atoms with Crippen LogP contribution >= 0.6 is 24.0 Å². The SMILES string of the molecule is CC(C)c1cnc(C(N)=S)cc1Sc1cnc(N)nc1N. The number of thiocarbonyl (C=S) groups is 1. The smallest absolute Gasteiger partial charge is 0.221 e. The molecule has 0 unspecified atom stereocenters. The summed E-state index contributed by atoms with van der Waals surface area (Å²) in [5.41, 5.74) is 18.7. The Hall–Kier alpha value is -1.93. The summed E-state index contributed by atoms with van der Waals surface area (Å²) in [6, 6.07) is 1.86. The van der Waals surface area contributed by atoms with Gasteiger partial charge in [0.15, 0.2) is 0 Å². The Labute approximate surface area is 132 Å². The molecule has 2 rings (SSSR count). The minimum Gasteiger partial charge on any atom is -0.388 e. The Bertz CT molecular complexity index is 686. The molecule has 2 aromatic rings. The summed E-state index contributed by atoms with van der Waals surface area (Å²) in [7, 11) is 0. The average molecular weight is 320 g/mol. The molecule has 0 atom stereocenters. The highest BCUT2D eigenvalue weighted by Crippen LogP contribution is 2.36. The Morgan fingerprint density at radius 1 is 1.19 bits per heavy atom. The van der Waals surface area contributed by atoms with Gasteiger partial charge in [-0.3, -0.25) is 4.98 Å². The van der Waals surface area contributed by atoms with Crippen LogP contribution in [0.1, 0.15) is 31.0 Å². The minimum atomic E-state index is 0.152. The molecule has 8 heteroatoms. The molecule has 0 amide bonds. The second-order valence-electron chi connectivity index (χ2n) is 4.71. The molecule has 0 radical (unpaired) electrons. The van der Waals surface area contributed by atoms with Crippen molar-refractivity contribution in [2.24, 2.45) is 5.73 Å². The van der Waals surface area contributed by atoms with Crippen LogP contribution in [-0.2, 0) is 0 Å². The van der Waals surface area contributed by atoms with Crippen LogP contribution in [0.3, 0.4) is 0 Å². The number of anilines is 2. The molecular formula is C13H16N6S2. The van der Waals surface area contributed by atoms with Crippen LogP contribution in [0.5, 0.6) is 0 Å². The van der Waals surface area contributed by atoms with Crippen LogP contribution in [0.2, 0.25) is 0 Å². The first-order valence-electron chi connectivity index (χ1n) is 6.24. The molecule has 0 aliphatic heterocycles. The maximum atomic E-state index is 5.88. The van der Waals surface area contributed by atoms with Crippen molar-refractivity contribution in [3.05, 3.63) is 29.7 Å². The molecule has 2 heterocycles. The molecule has 0 aliphatic rings. The van der Waals surface area contributed by atoms with Crippen molar-refractivity contribution < 1.29 is 0 Å². The highest BCUT2D eigenvalue weighted by atomic mass is 32.2. The van der Waals surface area contributed by atoms with Crippen LogP contribution in [-0.4, -0.2) is 19.9 Å². The number of hydrogen-bond donors (Lipinski definition) is 3. The molecule has 0 saturated heterocycles. The zero-order valence-electron chi connectivity index (χ0n) is 11.7. The van der Waals surface area contributed by atoms with Crippen molar-refractivity contribution >= 4 is 40.7 Å². The van der Waals surface area contributed by atoms with E-state index in [2.05, 4.69) is 28.8 Å². The summed E-state index contributed by atoms with van der Waals surface area (Å²) in [6.07, 6.45) is 3.39. The lowest BCUT2D eigenvalue weighted by atomic mass is 10.1. The van der Waals surface area contributed by atoms with Gasteiger partial charge < -0.3 is 17.2 Å². The fraction of sp³-hybridized carbons (Fsp3) is 0.231. The fourth-order valence-electron chi connectivity index (χ4n) is 1.70. The number of nitrogens with two attached hydrogens (primary N) is 3. The largest absolute Gasteiger partial charge is 0.388 e. The molecule has 0 saturated carbocycles. The number of nitrogens with zero attached hydrogens (tertiary/aromatic N) is 3. The lowest BCUT2D eigenvalue weighted by molar-refractivity contribution is 0.831. The Morgan fingerprint density at radius 3 is 2.48 bits per heavy atom. The van der Waals surface area contributed by atoms with E-state index in [-0.39, 0.29) is 10.9 Å². The van der Waals surface area contributed by atoms with Gasteiger partial charge in [-0.25, -0.2) is 4.98 Å². The lowest BCUT2D eigenvalue weighted by Gasteiger charge is -2.13. The standard InChI is InChI=1S/C13H16N6S2/c1-6(2)7-4-17-8(12(15)20)3-9(7)21-10-5-18-13(16)19-11(10)14/h3-6H,1-2H3,(H2,15,20)(H4,14,16,18,19). The van der Waals surface area contributed by atoms with E-state index in [0.29, 0.717) is 17.4 Å². The Balaban J connectivity index is 2.45. The maximum Gasteiger partial charge on any atom is 0.221 e. The van der Waals surface area contributed by atoms with E-state index in [4.69, 9.17) is 29.4 Å². The highest BCUT2D eigenvalue weighted by Gasteiger charge is 2.13. The Morgan fingerprint density at radius 2 is 1.90 bits per heavy atom. The second kappa shape index (κ2) is 6.23. The van der Waals surface area contributed by atoms with Gasteiger partial charge >= 0.3 is 0 Å². The predicted octanol–water partition coefficient (Wildman–Crippen LogP) is 1.94. The molecular weight excluding hydrogens is 304 g/mol. The van der Waals surface area contributed by atoms with Crippen molar-refractivity contribution in [3.63, 3.8) is 0 Å². The van der Waals surface area contributed by atoms with E-state index >= 15 is 0 Å². The normalized spacial score (nSPS) is 10.8. The first-order valence-corrected chi connectivity index (χ1v) is 7.46. The van der Waals surface area contributed by atoms with Crippen molar-refractivity contribution in [2.75, 3.05) is 11.5 Å². The van der Waals surface area contributed by atoms with Gasteiger partial charge in [0.25, 0.3) is 0 Å². The summed E-state index contributed by atoms with van der Waals surface area (Å²) in [5, 5.41) is 0. The van der Waals surface area contributed by atoms with E-state index in [1.807, 2.05) is 6.07 Å². The van der Waals surface area contributed by atoms with Gasteiger partial charge in [-0.1, -0.05) is 37.8 Å². The van der Waals surface area contributed by atoms with Crippen molar-refractivity contribution in [2.45, 2.75) is 29.6 Å². The number of aromatic nitrogens is 3. The van der Waals surface area contributed by atoms with Crippen molar-refractivity contribution in [3.8, 4) is 0 Å². The molecule has 0 bridgehead atoms. The maximum absolute atomic E-state index is 5.88. The van der Waals surface area contributed by atoms with E-state index in [1.165, 1.54) is 11.8 Å². The molecule has 0 aromatic carbocycles. The molecule has 21 heavy (non-hydrogen) atoms. The number of hydrogen-bond acceptors (Lipinski definition) is 7. The van der Waals surface area contributed by atoms with Crippen LogP contribution in [0, 0.1) is 0 Å². The van der Waals surface area contributed by atoms with E-state index in [1.54, 1.807) is 12.4 Å². The lowest BCUT2D eigenvalue weighted by Crippen LogP contribution is -2.12. The van der Waals surface area contributed by atoms with Gasteiger partial charge in [-0.2, -0.15) is 4.98 Å². The topological polar surface area (TPSA) is 117 Å². The molecule has 110 valence electrons. The summed E-state index contributed by atoms with van der Waals surface area (Å²) in [4.78, 5) is 14.2. The monoisotopic (exact) mass is 320 g/mol. The molecule has 0 aliphatic carbocycles. The first kappa shape index (κ1) is 15.5. The highest BCUT2D eigenvalue weighted by molar-refractivity contribution is 7.99. The van der Waals surface area contributed by atoms with Crippen LogP contribution in [0.25, 0.3) is 0 Å². The minimum absolute atomic E-state index is 0.152. The van der Waals surface area contributed by atoms with Gasteiger partial charge in [-0.15, -0.1) is 0 Å².